The molecule has 1 saturated heterocycles. The van der Waals surface area contributed by atoms with Gasteiger partial charge >= 0.3 is 0 Å². The number of rotatable bonds is 5. The van der Waals surface area contributed by atoms with Crippen molar-refractivity contribution in [2.24, 2.45) is 0 Å². The summed E-state index contributed by atoms with van der Waals surface area (Å²) < 4.78 is 0. The minimum atomic E-state index is 0.253. The van der Waals surface area contributed by atoms with Crippen molar-refractivity contribution in [3.05, 3.63) is 0 Å². The van der Waals surface area contributed by atoms with E-state index in [1.807, 2.05) is 0 Å². The van der Waals surface area contributed by atoms with E-state index in [0.29, 0.717) is 0 Å². The zero-order chi connectivity index (χ0) is 13.6. The molecule has 0 spiro atoms. The van der Waals surface area contributed by atoms with Gasteiger partial charge in [-0.2, -0.15) is 0 Å². The molecule has 3 nitrogen and oxygen atoms in total. The third-order valence-corrected chi connectivity index (χ3v) is 3.77. The van der Waals surface area contributed by atoms with Crippen molar-refractivity contribution >= 4 is 0 Å². The Morgan fingerprint density at radius 3 is 2.56 bits per heavy atom. The average molecular weight is 255 g/mol. The molecular formula is C15H33N3. The minimum absolute atomic E-state index is 0.253. The maximum absolute atomic E-state index is 3.58. The second-order valence-corrected chi connectivity index (χ2v) is 6.74. The van der Waals surface area contributed by atoms with Crippen molar-refractivity contribution in [3.63, 3.8) is 0 Å². The molecule has 1 heterocycles. The van der Waals surface area contributed by atoms with E-state index in [1.54, 1.807) is 0 Å². The standard InChI is InChI=1S/C15H33N3/c1-6-14-13-17(5)10-8-12-18(14)11-7-9-16-15(2,3)4/h14,16H,6-13H2,1-5H3. The summed E-state index contributed by atoms with van der Waals surface area (Å²) in [5.41, 5.74) is 0.253. The largest absolute Gasteiger partial charge is 0.312 e. The van der Waals surface area contributed by atoms with Crippen LogP contribution in [0, 0.1) is 0 Å². The van der Waals surface area contributed by atoms with Gasteiger partial charge in [0.2, 0.25) is 0 Å². The molecule has 0 bridgehead atoms. The van der Waals surface area contributed by atoms with Gasteiger partial charge in [-0.15, -0.1) is 0 Å². The first kappa shape index (κ1) is 15.9. The highest BCUT2D eigenvalue weighted by Gasteiger charge is 2.21. The molecule has 1 unspecified atom stereocenters. The van der Waals surface area contributed by atoms with Crippen molar-refractivity contribution in [2.75, 3.05) is 39.8 Å². The zero-order valence-corrected chi connectivity index (χ0v) is 13.1. The Labute approximate surface area is 114 Å². The van der Waals surface area contributed by atoms with Gasteiger partial charge in [0.25, 0.3) is 0 Å². The smallest absolute Gasteiger partial charge is 0.0220 e. The lowest BCUT2D eigenvalue weighted by Gasteiger charge is -2.30. The van der Waals surface area contributed by atoms with Gasteiger partial charge in [0, 0.05) is 18.1 Å². The van der Waals surface area contributed by atoms with Crippen LogP contribution in [0.1, 0.15) is 47.0 Å². The van der Waals surface area contributed by atoms with Gasteiger partial charge in [-0.3, -0.25) is 4.90 Å². The van der Waals surface area contributed by atoms with E-state index >= 15 is 0 Å². The molecule has 1 aliphatic rings. The van der Waals surface area contributed by atoms with Crippen LogP contribution in [0.4, 0.5) is 0 Å². The SMILES string of the molecule is CCC1CN(C)CCCN1CCCNC(C)(C)C. The van der Waals surface area contributed by atoms with Crippen molar-refractivity contribution < 1.29 is 0 Å². The van der Waals surface area contributed by atoms with Crippen LogP contribution in [0.5, 0.6) is 0 Å². The molecule has 0 aliphatic carbocycles. The average Bonchev–Trinajstić information content (AvgIpc) is 2.45. The van der Waals surface area contributed by atoms with Gasteiger partial charge < -0.3 is 10.2 Å². The molecule has 1 N–H and O–H groups in total. The zero-order valence-electron chi connectivity index (χ0n) is 13.1. The lowest BCUT2D eigenvalue weighted by molar-refractivity contribution is 0.180. The topological polar surface area (TPSA) is 18.5 Å². The highest BCUT2D eigenvalue weighted by atomic mass is 15.2. The van der Waals surface area contributed by atoms with Crippen LogP contribution in [0.3, 0.4) is 0 Å². The lowest BCUT2D eigenvalue weighted by Crippen LogP contribution is -2.42. The summed E-state index contributed by atoms with van der Waals surface area (Å²) in [4.78, 5) is 5.19. The molecule has 3 heteroatoms. The summed E-state index contributed by atoms with van der Waals surface area (Å²) in [7, 11) is 2.26. The molecular weight excluding hydrogens is 222 g/mol. The second kappa shape index (κ2) is 7.46. The van der Waals surface area contributed by atoms with Crippen LogP contribution >= 0.6 is 0 Å². The molecule has 1 fully saturated rings. The Morgan fingerprint density at radius 1 is 1.22 bits per heavy atom. The van der Waals surface area contributed by atoms with Crippen molar-refractivity contribution in [3.8, 4) is 0 Å². The van der Waals surface area contributed by atoms with E-state index in [2.05, 4.69) is 49.9 Å². The molecule has 108 valence electrons. The van der Waals surface area contributed by atoms with Crippen LogP contribution in [-0.4, -0.2) is 61.2 Å². The number of hydrogen-bond acceptors (Lipinski definition) is 3. The second-order valence-electron chi connectivity index (χ2n) is 6.74. The van der Waals surface area contributed by atoms with Gasteiger partial charge in [-0.05, 0) is 73.3 Å². The Balaban J connectivity index is 2.30. The Bertz CT molecular complexity index is 222. The fourth-order valence-electron chi connectivity index (χ4n) is 2.72. The third kappa shape index (κ3) is 6.17. The molecule has 1 rings (SSSR count). The molecule has 0 aromatic rings. The summed E-state index contributed by atoms with van der Waals surface area (Å²) >= 11 is 0. The predicted molar refractivity (Wildman–Crippen MR) is 80.1 cm³/mol. The quantitative estimate of drug-likeness (QED) is 0.760. The Kier molecular flexibility index (Phi) is 6.61. The summed E-state index contributed by atoms with van der Waals surface area (Å²) in [5, 5.41) is 3.58. The van der Waals surface area contributed by atoms with Crippen LogP contribution in [0.15, 0.2) is 0 Å². The monoisotopic (exact) mass is 255 g/mol. The molecule has 1 atom stereocenters. The molecule has 0 radical (unpaired) electrons. The normalized spacial score (nSPS) is 24.2. The van der Waals surface area contributed by atoms with E-state index in [1.165, 1.54) is 45.4 Å². The molecule has 0 amide bonds. The van der Waals surface area contributed by atoms with Crippen LogP contribution in [-0.2, 0) is 0 Å². The first-order valence-electron chi connectivity index (χ1n) is 7.60. The molecule has 0 aromatic heterocycles. The fraction of sp³-hybridized carbons (Fsp3) is 1.00. The molecule has 1 aliphatic heterocycles. The Hall–Kier alpha value is -0.120. The molecule has 0 aromatic carbocycles. The van der Waals surface area contributed by atoms with Gasteiger partial charge in [0.1, 0.15) is 0 Å². The molecule has 0 saturated carbocycles. The number of likely N-dealkylation sites (N-methyl/N-ethyl adjacent to an activating group) is 1. The van der Waals surface area contributed by atoms with E-state index in [4.69, 9.17) is 0 Å². The van der Waals surface area contributed by atoms with Gasteiger partial charge in [0.15, 0.2) is 0 Å². The van der Waals surface area contributed by atoms with Gasteiger partial charge in [0.05, 0.1) is 0 Å². The highest BCUT2D eigenvalue weighted by Crippen LogP contribution is 2.12. The first-order valence-corrected chi connectivity index (χ1v) is 7.60. The van der Waals surface area contributed by atoms with Gasteiger partial charge in [-0.25, -0.2) is 0 Å². The number of nitrogens with zero attached hydrogens (tertiary/aromatic N) is 2. The van der Waals surface area contributed by atoms with E-state index in [0.717, 1.165) is 12.6 Å². The predicted octanol–water partition coefficient (Wildman–Crippen LogP) is 2.18. The van der Waals surface area contributed by atoms with E-state index in [-0.39, 0.29) is 5.54 Å². The fourth-order valence-corrected chi connectivity index (χ4v) is 2.72. The van der Waals surface area contributed by atoms with Crippen LogP contribution < -0.4 is 5.32 Å². The maximum Gasteiger partial charge on any atom is 0.0220 e. The maximum atomic E-state index is 3.58. The highest BCUT2D eigenvalue weighted by molar-refractivity contribution is 4.78. The first-order chi connectivity index (χ1) is 8.42. The van der Waals surface area contributed by atoms with Crippen molar-refractivity contribution in [1.29, 1.82) is 0 Å². The summed E-state index contributed by atoms with van der Waals surface area (Å²) in [6.07, 6.45) is 3.86. The van der Waals surface area contributed by atoms with E-state index < -0.39 is 0 Å². The minimum Gasteiger partial charge on any atom is -0.312 e. The van der Waals surface area contributed by atoms with Crippen LogP contribution in [0.2, 0.25) is 0 Å². The van der Waals surface area contributed by atoms with Crippen LogP contribution in [0.25, 0.3) is 0 Å². The third-order valence-electron chi connectivity index (χ3n) is 3.77. The summed E-state index contributed by atoms with van der Waals surface area (Å²) in [5.74, 6) is 0. The van der Waals surface area contributed by atoms with Crippen molar-refractivity contribution in [1.82, 2.24) is 15.1 Å². The Morgan fingerprint density at radius 2 is 1.94 bits per heavy atom. The van der Waals surface area contributed by atoms with Gasteiger partial charge in [-0.1, -0.05) is 6.92 Å². The summed E-state index contributed by atoms with van der Waals surface area (Å²) in [6, 6.07) is 0.757. The van der Waals surface area contributed by atoms with E-state index in [9.17, 15) is 0 Å². The summed E-state index contributed by atoms with van der Waals surface area (Å²) in [6.45, 7) is 15.2. The number of nitrogens with one attached hydrogen (secondary N) is 1. The number of hydrogen-bond donors (Lipinski definition) is 1. The van der Waals surface area contributed by atoms with Crippen molar-refractivity contribution in [2.45, 2.75) is 58.5 Å². The lowest BCUT2D eigenvalue weighted by atomic mass is 10.1. The molecule has 18 heavy (non-hydrogen) atoms.